The van der Waals surface area contributed by atoms with E-state index in [0.29, 0.717) is 0 Å². The number of aromatic nitrogens is 1. The number of hydrogen-bond acceptors (Lipinski definition) is 4. The molecule has 1 aliphatic carbocycles. The van der Waals surface area contributed by atoms with E-state index >= 15 is 0 Å². The summed E-state index contributed by atoms with van der Waals surface area (Å²) in [5, 5.41) is 6.79. The van der Waals surface area contributed by atoms with E-state index in [9.17, 15) is 0 Å². The van der Waals surface area contributed by atoms with Gasteiger partial charge in [0.25, 0.3) is 0 Å². The number of thiazole rings is 1. The summed E-state index contributed by atoms with van der Waals surface area (Å²) in [7, 11) is 4.30. The van der Waals surface area contributed by atoms with Gasteiger partial charge < -0.3 is 10.2 Å². The fourth-order valence-electron chi connectivity index (χ4n) is 2.86. The summed E-state index contributed by atoms with van der Waals surface area (Å²) < 4.78 is 0. The highest BCUT2D eigenvalue weighted by Crippen LogP contribution is 2.26. The lowest BCUT2D eigenvalue weighted by Gasteiger charge is -2.24. The number of nitrogens with zero attached hydrogens (tertiary/aromatic N) is 2. The third-order valence-electron chi connectivity index (χ3n) is 3.67. The van der Waals surface area contributed by atoms with Crippen molar-refractivity contribution in [1.29, 1.82) is 0 Å². The van der Waals surface area contributed by atoms with Crippen LogP contribution in [0.3, 0.4) is 0 Å². The van der Waals surface area contributed by atoms with Crippen molar-refractivity contribution < 1.29 is 0 Å². The maximum absolute atomic E-state index is 4.53. The van der Waals surface area contributed by atoms with Crippen molar-refractivity contribution in [2.75, 3.05) is 20.6 Å². The zero-order valence-corrected chi connectivity index (χ0v) is 11.9. The van der Waals surface area contributed by atoms with Crippen LogP contribution in [0.25, 0.3) is 0 Å². The van der Waals surface area contributed by atoms with Crippen molar-refractivity contribution in [3.8, 4) is 0 Å². The molecule has 0 bridgehead atoms. The lowest BCUT2D eigenvalue weighted by molar-refractivity contribution is 0.247. The molecule has 1 fully saturated rings. The van der Waals surface area contributed by atoms with E-state index in [1.165, 1.54) is 36.5 Å². The van der Waals surface area contributed by atoms with Gasteiger partial charge in [0, 0.05) is 24.5 Å². The Bertz CT molecular complexity index is 350. The molecule has 2 atom stereocenters. The Morgan fingerprint density at radius 1 is 1.53 bits per heavy atom. The van der Waals surface area contributed by atoms with Gasteiger partial charge in [0.05, 0.1) is 10.7 Å². The number of rotatable bonds is 5. The molecule has 1 aromatic rings. The molecule has 1 heterocycles. The second-order valence-electron chi connectivity index (χ2n) is 5.14. The third kappa shape index (κ3) is 3.50. The van der Waals surface area contributed by atoms with Gasteiger partial charge >= 0.3 is 0 Å². The topological polar surface area (TPSA) is 28.2 Å². The zero-order chi connectivity index (χ0) is 12.3. The SMILES string of the molecule is CNC1CCCC1CN(C)Cc1csc(C)n1. The summed E-state index contributed by atoms with van der Waals surface area (Å²) in [6, 6.07) is 0.717. The Morgan fingerprint density at radius 2 is 2.35 bits per heavy atom. The van der Waals surface area contributed by atoms with Crippen LogP contribution in [0.4, 0.5) is 0 Å². The van der Waals surface area contributed by atoms with Gasteiger partial charge in [0.2, 0.25) is 0 Å². The molecule has 2 unspecified atom stereocenters. The summed E-state index contributed by atoms with van der Waals surface area (Å²) in [4.78, 5) is 6.94. The minimum absolute atomic E-state index is 0.717. The smallest absolute Gasteiger partial charge is 0.0897 e. The molecule has 0 aliphatic heterocycles. The summed E-state index contributed by atoms with van der Waals surface area (Å²) in [5.41, 5.74) is 1.22. The Labute approximate surface area is 108 Å². The van der Waals surface area contributed by atoms with Gasteiger partial charge in [-0.3, -0.25) is 0 Å². The molecule has 1 saturated carbocycles. The van der Waals surface area contributed by atoms with E-state index in [2.05, 4.69) is 41.6 Å². The maximum Gasteiger partial charge on any atom is 0.0897 e. The first kappa shape index (κ1) is 13.0. The number of nitrogens with one attached hydrogen (secondary N) is 1. The van der Waals surface area contributed by atoms with E-state index in [1.807, 2.05) is 0 Å². The predicted molar refractivity (Wildman–Crippen MR) is 73.4 cm³/mol. The van der Waals surface area contributed by atoms with Crippen LogP contribution in [-0.2, 0) is 6.54 Å². The van der Waals surface area contributed by atoms with Gasteiger partial charge in [-0.25, -0.2) is 4.98 Å². The third-order valence-corrected chi connectivity index (χ3v) is 4.50. The molecule has 1 aromatic heterocycles. The highest BCUT2D eigenvalue weighted by molar-refractivity contribution is 7.09. The molecule has 0 radical (unpaired) electrons. The quantitative estimate of drug-likeness (QED) is 0.872. The summed E-state index contributed by atoms with van der Waals surface area (Å²) in [6.45, 7) is 4.24. The zero-order valence-electron chi connectivity index (χ0n) is 11.1. The molecule has 2 rings (SSSR count). The van der Waals surface area contributed by atoms with Crippen molar-refractivity contribution in [3.05, 3.63) is 16.1 Å². The normalized spacial score (nSPS) is 24.7. The van der Waals surface area contributed by atoms with Crippen molar-refractivity contribution in [1.82, 2.24) is 15.2 Å². The largest absolute Gasteiger partial charge is 0.317 e. The van der Waals surface area contributed by atoms with Crippen LogP contribution >= 0.6 is 11.3 Å². The first-order valence-corrected chi connectivity index (χ1v) is 7.34. The Hall–Kier alpha value is -0.450. The van der Waals surface area contributed by atoms with E-state index in [-0.39, 0.29) is 0 Å². The van der Waals surface area contributed by atoms with Crippen molar-refractivity contribution in [2.45, 2.75) is 38.8 Å². The standard InChI is InChI=1S/C13H23N3S/c1-10-15-12(9-17-10)8-16(3)7-11-5-4-6-13(11)14-2/h9,11,13-14H,4-8H2,1-3H3. The fraction of sp³-hybridized carbons (Fsp3) is 0.769. The lowest BCUT2D eigenvalue weighted by Crippen LogP contribution is -2.36. The molecule has 96 valence electrons. The summed E-state index contributed by atoms with van der Waals surface area (Å²) >= 11 is 1.74. The van der Waals surface area contributed by atoms with Gasteiger partial charge in [0.1, 0.15) is 0 Å². The molecule has 1 N–H and O–H groups in total. The predicted octanol–water partition coefficient (Wildman–Crippen LogP) is 2.27. The monoisotopic (exact) mass is 253 g/mol. The minimum atomic E-state index is 0.717. The van der Waals surface area contributed by atoms with E-state index in [1.54, 1.807) is 11.3 Å². The average molecular weight is 253 g/mol. The van der Waals surface area contributed by atoms with Gasteiger partial charge in [-0.1, -0.05) is 6.42 Å². The van der Waals surface area contributed by atoms with Crippen LogP contribution in [0.2, 0.25) is 0 Å². The molecule has 0 aromatic carbocycles. The fourth-order valence-corrected chi connectivity index (χ4v) is 3.46. The Kier molecular flexibility index (Phi) is 4.54. The minimum Gasteiger partial charge on any atom is -0.317 e. The molecule has 1 aliphatic rings. The van der Waals surface area contributed by atoms with Crippen LogP contribution in [0.5, 0.6) is 0 Å². The van der Waals surface area contributed by atoms with Crippen molar-refractivity contribution in [2.24, 2.45) is 5.92 Å². The van der Waals surface area contributed by atoms with Crippen LogP contribution < -0.4 is 5.32 Å². The van der Waals surface area contributed by atoms with Gasteiger partial charge in [0.15, 0.2) is 0 Å². The molecule has 17 heavy (non-hydrogen) atoms. The van der Waals surface area contributed by atoms with Gasteiger partial charge in [-0.15, -0.1) is 11.3 Å². The average Bonchev–Trinajstić information content (AvgIpc) is 2.87. The number of hydrogen-bond donors (Lipinski definition) is 1. The molecule has 4 heteroatoms. The van der Waals surface area contributed by atoms with E-state index in [4.69, 9.17) is 0 Å². The van der Waals surface area contributed by atoms with E-state index < -0.39 is 0 Å². The summed E-state index contributed by atoms with van der Waals surface area (Å²) in [6.07, 6.45) is 4.08. The van der Waals surface area contributed by atoms with E-state index in [0.717, 1.165) is 18.5 Å². The number of aryl methyl sites for hydroxylation is 1. The first-order valence-electron chi connectivity index (χ1n) is 6.46. The van der Waals surface area contributed by atoms with Crippen LogP contribution in [0, 0.1) is 12.8 Å². The van der Waals surface area contributed by atoms with Crippen LogP contribution in [0.15, 0.2) is 5.38 Å². The molecule has 0 spiro atoms. The molecule has 3 nitrogen and oxygen atoms in total. The highest BCUT2D eigenvalue weighted by Gasteiger charge is 2.26. The molecule has 0 amide bonds. The molecule has 0 saturated heterocycles. The van der Waals surface area contributed by atoms with Gasteiger partial charge in [-0.05, 0) is 39.8 Å². The second-order valence-corrected chi connectivity index (χ2v) is 6.20. The van der Waals surface area contributed by atoms with Crippen LogP contribution in [-0.4, -0.2) is 36.6 Å². The second kappa shape index (κ2) is 5.94. The molecular weight excluding hydrogens is 230 g/mol. The lowest BCUT2D eigenvalue weighted by atomic mass is 10.0. The summed E-state index contributed by atoms with van der Waals surface area (Å²) in [5.74, 6) is 0.810. The van der Waals surface area contributed by atoms with Crippen molar-refractivity contribution >= 4 is 11.3 Å². The maximum atomic E-state index is 4.53. The van der Waals surface area contributed by atoms with Gasteiger partial charge in [-0.2, -0.15) is 0 Å². The highest BCUT2D eigenvalue weighted by atomic mass is 32.1. The Balaban J connectivity index is 1.82. The van der Waals surface area contributed by atoms with Crippen molar-refractivity contribution in [3.63, 3.8) is 0 Å². The Morgan fingerprint density at radius 3 is 3.00 bits per heavy atom. The van der Waals surface area contributed by atoms with Crippen LogP contribution in [0.1, 0.15) is 30.0 Å². The first-order chi connectivity index (χ1) is 8.19. The molecular formula is C13H23N3S.